The Morgan fingerprint density at radius 2 is 1.89 bits per heavy atom. The van der Waals surface area contributed by atoms with Crippen LogP contribution in [0.4, 0.5) is 4.79 Å². The van der Waals surface area contributed by atoms with E-state index in [9.17, 15) is 14.7 Å². The molecule has 110 valence electrons. The highest BCUT2D eigenvalue weighted by Gasteiger charge is 2.40. The van der Waals surface area contributed by atoms with Crippen molar-refractivity contribution in [2.24, 2.45) is 5.92 Å². The average Bonchev–Trinajstić information content (AvgIpc) is 2.79. The zero-order valence-corrected chi connectivity index (χ0v) is 12.1. The highest BCUT2D eigenvalue weighted by molar-refractivity contribution is 5.77. The zero-order valence-electron chi connectivity index (χ0n) is 12.1. The predicted molar refractivity (Wildman–Crippen MR) is 71.0 cm³/mol. The zero-order chi connectivity index (χ0) is 14.6. The molecule has 19 heavy (non-hydrogen) atoms. The molecule has 2 atom stereocenters. The van der Waals surface area contributed by atoms with Crippen molar-refractivity contribution in [1.29, 1.82) is 0 Å². The van der Waals surface area contributed by atoms with Gasteiger partial charge in [0.2, 0.25) is 0 Å². The van der Waals surface area contributed by atoms with Gasteiger partial charge in [0.25, 0.3) is 0 Å². The highest BCUT2D eigenvalue weighted by Crippen LogP contribution is 2.21. The third-order valence-corrected chi connectivity index (χ3v) is 3.56. The number of hydrogen-bond donors (Lipinski definition) is 1. The molecule has 0 aromatic carbocycles. The molecule has 0 aromatic heterocycles. The third kappa shape index (κ3) is 3.37. The van der Waals surface area contributed by atoms with Crippen molar-refractivity contribution in [2.45, 2.75) is 39.8 Å². The first kappa shape index (κ1) is 15.8. The van der Waals surface area contributed by atoms with E-state index in [1.165, 1.54) is 0 Å². The number of ether oxygens (including phenoxy) is 1. The first-order valence-corrected chi connectivity index (χ1v) is 6.81. The summed E-state index contributed by atoms with van der Waals surface area (Å²) in [4.78, 5) is 27.1. The topological polar surface area (TPSA) is 70.1 Å². The van der Waals surface area contributed by atoms with Crippen LogP contribution in [0.2, 0.25) is 0 Å². The SMILES string of the molecule is CCN(C(=O)N(CC)C1COCC1C(=O)O)C(C)C. The Balaban J connectivity index is 2.87. The van der Waals surface area contributed by atoms with Crippen LogP contribution < -0.4 is 0 Å². The summed E-state index contributed by atoms with van der Waals surface area (Å²) in [6, 6.07) is -0.387. The van der Waals surface area contributed by atoms with Crippen molar-refractivity contribution in [2.75, 3.05) is 26.3 Å². The summed E-state index contributed by atoms with van der Waals surface area (Å²) < 4.78 is 5.24. The molecule has 1 saturated heterocycles. The lowest BCUT2D eigenvalue weighted by molar-refractivity contribution is -0.142. The summed E-state index contributed by atoms with van der Waals surface area (Å²) >= 11 is 0. The first-order chi connectivity index (χ1) is 8.93. The van der Waals surface area contributed by atoms with Crippen molar-refractivity contribution in [3.63, 3.8) is 0 Å². The van der Waals surface area contributed by atoms with Crippen LogP contribution in [0.25, 0.3) is 0 Å². The predicted octanol–water partition coefficient (Wildman–Crippen LogP) is 1.26. The van der Waals surface area contributed by atoms with E-state index in [4.69, 9.17) is 4.74 Å². The molecule has 0 aromatic rings. The van der Waals surface area contributed by atoms with Crippen molar-refractivity contribution in [3.05, 3.63) is 0 Å². The Morgan fingerprint density at radius 3 is 2.32 bits per heavy atom. The molecule has 1 heterocycles. The van der Waals surface area contributed by atoms with Crippen LogP contribution >= 0.6 is 0 Å². The lowest BCUT2D eigenvalue weighted by Crippen LogP contribution is -2.53. The van der Waals surface area contributed by atoms with Gasteiger partial charge >= 0.3 is 12.0 Å². The molecule has 1 aliphatic heterocycles. The van der Waals surface area contributed by atoms with E-state index < -0.39 is 11.9 Å². The van der Waals surface area contributed by atoms with Gasteiger partial charge in [-0.2, -0.15) is 0 Å². The fraction of sp³-hybridized carbons (Fsp3) is 0.846. The summed E-state index contributed by atoms with van der Waals surface area (Å²) in [6.45, 7) is 9.26. The Morgan fingerprint density at radius 1 is 1.26 bits per heavy atom. The summed E-state index contributed by atoms with van der Waals surface area (Å²) in [5.41, 5.74) is 0. The van der Waals surface area contributed by atoms with E-state index in [-0.39, 0.29) is 24.7 Å². The molecule has 1 rings (SSSR count). The van der Waals surface area contributed by atoms with Crippen molar-refractivity contribution in [1.82, 2.24) is 9.80 Å². The van der Waals surface area contributed by atoms with Crippen LogP contribution in [0.1, 0.15) is 27.7 Å². The maximum atomic E-state index is 12.5. The minimum atomic E-state index is -0.902. The average molecular weight is 272 g/mol. The van der Waals surface area contributed by atoms with Crippen LogP contribution in [0.3, 0.4) is 0 Å². The van der Waals surface area contributed by atoms with E-state index in [0.29, 0.717) is 19.7 Å². The van der Waals surface area contributed by atoms with Gasteiger partial charge in [-0.25, -0.2) is 4.79 Å². The fourth-order valence-electron chi connectivity index (χ4n) is 2.48. The van der Waals surface area contributed by atoms with Gasteiger partial charge in [0.15, 0.2) is 0 Å². The number of amides is 2. The minimum absolute atomic E-state index is 0.0946. The van der Waals surface area contributed by atoms with E-state index in [2.05, 4.69) is 0 Å². The smallest absolute Gasteiger partial charge is 0.320 e. The maximum Gasteiger partial charge on any atom is 0.320 e. The molecule has 2 unspecified atom stereocenters. The molecule has 1 fully saturated rings. The Kier molecular flexibility index (Phi) is 5.60. The second kappa shape index (κ2) is 6.75. The molecule has 0 saturated carbocycles. The number of aliphatic carboxylic acids is 1. The third-order valence-electron chi connectivity index (χ3n) is 3.56. The van der Waals surface area contributed by atoms with Gasteiger partial charge in [-0.1, -0.05) is 0 Å². The highest BCUT2D eigenvalue weighted by atomic mass is 16.5. The molecule has 2 amide bonds. The van der Waals surface area contributed by atoms with E-state index in [1.807, 2.05) is 27.7 Å². The van der Waals surface area contributed by atoms with Gasteiger partial charge in [0, 0.05) is 19.1 Å². The van der Waals surface area contributed by atoms with E-state index in [1.54, 1.807) is 9.80 Å². The van der Waals surface area contributed by atoms with Gasteiger partial charge in [-0.05, 0) is 27.7 Å². The molecule has 0 spiro atoms. The second-order valence-corrected chi connectivity index (χ2v) is 5.00. The number of hydrogen-bond acceptors (Lipinski definition) is 3. The summed E-state index contributed by atoms with van der Waals surface area (Å²) in [6.07, 6.45) is 0. The Hall–Kier alpha value is -1.30. The quantitative estimate of drug-likeness (QED) is 0.818. The van der Waals surface area contributed by atoms with Gasteiger partial charge in [-0.3, -0.25) is 4.79 Å². The van der Waals surface area contributed by atoms with Crippen molar-refractivity contribution >= 4 is 12.0 Å². The van der Waals surface area contributed by atoms with E-state index >= 15 is 0 Å². The summed E-state index contributed by atoms with van der Waals surface area (Å²) in [5, 5.41) is 9.18. The van der Waals surface area contributed by atoms with Gasteiger partial charge in [0.05, 0.1) is 19.3 Å². The molecule has 1 N–H and O–H groups in total. The van der Waals surface area contributed by atoms with Crippen LogP contribution in [-0.4, -0.2) is 65.3 Å². The monoisotopic (exact) mass is 272 g/mol. The van der Waals surface area contributed by atoms with Crippen LogP contribution in [0.15, 0.2) is 0 Å². The summed E-state index contributed by atoms with van der Waals surface area (Å²) in [5.74, 6) is -1.53. The number of carbonyl (C=O) groups is 2. The van der Waals surface area contributed by atoms with Crippen LogP contribution in [0, 0.1) is 5.92 Å². The largest absolute Gasteiger partial charge is 0.481 e. The molecular formula is C13H24N2O4. The normalized spacial score (nSPS) is 22.6. The van der Waals surface area contributed by atoms with Crippen LogP contribution in [0.5, 0.6) is 0 Å². The Labute approximate surface area is 114 Å². The van der Waals surface area contributed by atoms with E-state index in [0.717, 1.165) is 0 Å². The maximum absolute atomic E-state index is 12.5. The first-order valence-electron chi connectivity index (χ1n) is 6.81. The van der Waals surface area contributed by atoms with Gasteiger partial charge < -0.3 is 19.6 Å². The standard InChI is InChI=1S/C13H24N2O4/c1-5-14(9(3)4)13(18)15(6-2)11-8-19-7-10(11)12(16)17/h9-11H,5-8H2,1-4H3,(H,16,17). The van der Waals surface area contributed by atoms with Crippen LogP contribution in [-0.2, 0) is 9.53 Å². The molecule has 0 aliphatic carbocycles. The minimum Gasteiger partial charge on any atom is -0.481 e. The molecule has 6 heteroatoms. The number of carboxylic acid groups (broad SMARTS) is 1. The number of carboxylic acids is 1. The Bertz CT molecular complexity index is 333. The van der Waals surface area contributed by atoms with Gasteiger partial charge in [-0.15, -0.1) is 0 Å². The molecular weight excluding hydrogens is 248 g/mol. The lowest BCUT2D eigenvalue weighted by Gasteiger charge is -2.36. The number of likely N-dealkylation sites (N-methyl/N-ethyl adjacent to an activating group) is 1. The number of rotatable bonds is 5. The molecule has 0 radical (unpaired) electrons. The number of nitrogens with zero attached hydrogens (tertiary/aromatic N) is 2. The van der Waals surface area contributed by atoms with Crippen molar-refractivity contribution in [3.8, 4) is 0 Å². The second-order valence-electron chi connectivity index (χ2n) is 5.00. The lowest BCUT2D eigenvalue weighted by atomic mass is 10.0. The van der Waals surface area contributed by atoms with Crippen molar-refractivity contribution < 1.29 is 19.4 Å². The summed E-state index contributed by atoms with van der Waals surface area (Å²) in [7, 11) is 0. The molecule has 0 bridgehead atoms. The fourth-order valence-corrected chi connectivity index (χ4v) is 2.48. The molecule has 1 aliphatic rings. The number of carbonyl (C=O) groups excluding carboxylic acids is 1. The number of urea groups is 1. The molecule has 6 nitrogen and oxygen atoms in total. The van der Waals surface area contributed by atoms with Gasteiger partial charge in [0.1, 0.15) is 5.92 Å².